The first-order valence-electron chi connectivity index (χ1n) is 17.9. The van der Waals surface area contributed by atoms with E-state index in [2.05, 4.69) is 31.3 Å². The molecule has 5 N–H and O–H groups in total. The van der Waals surface area contributed by atoms with Crippen LogP contribution in [-0.4, -0.2) is 104 Å². The molecule has 52 heavy (non-hydrogen) atoms. The van der Waals surface area contributed by atoms with Crippen LogP contribution in [0.3, 0.4) is 0 Å². The number of aliphatic hydroxyl groups is 1. The number of aryl methyl sites for hydroxylation is 3. The van der Waals surface area contributed by atoms with Crippen molar-refractivity contribution < 1.29 is 33.8 Å². The van der Waals surface area contributed by atoms with Crippen LogP contribution in [0.25, 0.3) is 11.0 Å². The first-order valence-corrected chi connectivity index (χ1v) is 17.9. The van der Waals surface area contributed by atoms with Crippen LogP contribution in [0.15, 0.2) is 30.3 Å². The van der Waals surface area contributed by atoms with Crippen LogP contribution in [0.4, 0.5) is 0 Å². The molecule has 0 aliphatic carbocycles. The lowest BCUT2D eigenvalue weighted by Gasteiger charge is -2.30. The third-order valence-electron chi connectivity index (χ3n) is 9.52. The quantitative estimate of drug-likeness (QED) is 0.241. The number of hydrogen-bond donors (Lipinski definition) is 5. The Morgan fingerprint density at radius 3 is 2.44 bits per heavy atom. The molecule has 2 aromatic heterocycles. The maximum absolute atomic E-state index is 14.1. The molecule has 0 unspecified atom stereocenters. The Balaban J connectivity index is 1.49. The van der Waals surface area contributed by atoms with Gasteiger partial charge in [-0.05, 0) is 63.3 Å². The van der Waals surface area contributed by atoms with Gasteiger partial charge in [0, 0.05) is 32.1 Å². The Morgan fingerprint density at radius 2 is 1.77 bits per heavy atom. The smallest absolute Gasteiger partial charge is 0.252 e. The van der Waals surface area contributed by atoms with Gasteiger partial charge in [0.25, 0.3) is 5.91 Å². The number of pyridine rings is 1. The first kappa shape index (κ1) is 38.2. The van der Waals surface area contributed by atoms with E-state index in [4.69, 9.17) is 4.74 Å². The highest BCUT2D eigenvalue weighted by atomic mass is 16.5. The van der Waals surface area contributed by atoms with Gasteiger partial charge >= 0.3 is 0 Å². The zero-order valence-electron chi connectivity index (χ0n) is 30.9. The minimum atomic E-state index is -1.11. The van der Waals surface area contributed by atoms with Crippen LogP contribution < -0.4 is 26.0 Å². The summed E-state index contributed by atoms with van der Waals surface area (Å²) in [4.78, 5) is 74.5. The topological polar surface area (TPSA) is 197 Å². The number of hydrogen-bond acceptors (Lipinski definition) is 9. The molecule has 15 nitrogen and oxygen atoms in total. The van der Waals surface area contributed by atoms with E-state index < -0.39 is 59.8 Å². The highest BCUT2D eigenvalue weighted by Gasteiger charge is 2.42. The second kappa shape index (κ2) is 16.1. The van der Waals surface area contributed by atoms with Gasteiger partial charge in [0.05, 0.1) is 28.8 Å². The number of nitrogens with one attached hydrogen (secondary N) is 4. The average molecular weight is 719 g/mol. The number of aromatic nitrogens is 3. The number of benzene rings is 1. The SMILES string of the molecule is CC[C@@H]1NC(=O)[C@@H](NC(=O)c2cc(C)nc3c2c(C)nn3C)Cc2ccc(cc2)OC[C@H](CC(C)C)NC(=O)[C@@H](C)NC(=O)[C@@H]2C[C@@H](O)CN2C1=O. The summed E-state index contributed by atoms with van der Waals surface area (Å²) in [5, 5.41) is 26.9. The van der Waals surface area contributed by atoms with E-state index in [1.54, 1.807) is 69.8 Å². The lowest BCUT2D eigenvalue weighted by atomic mass is 10.0. The third-order valence-corrected chi connectivity index (χ3v) is 9.52. The minimum absolute atomic E-state index is 0.0258. The number of nitrogens with zero attached hydrogens (tertiary/aromatic N) is 4. The molecule has 2 bridgehead atoms. The van der Waals surface area contributed by atoms with Crippen LogP contribution in [0.2, 0.25) is 0 Å². The van der Waals surface area contributed by atoms with E-state index in [0.29, 0.717) is 40.2 Å². The number of carbonyl (C=O) groups is 5. The summed E-state index contributed by atoms with van der Waals surface area (Å²) < 4.78 is 7.67. The molecule has 1 saturated heterocycles. The Hall–Kier alpha value is -5.05. The van der Waals surface area contributed by atoms with Crippen LogP contribution in [-0.2, 0) is 32.6 Å². The van der Waals surface area contributed by atoms with Gasteiger partial charge < -0.3 is 36.0 Å². The Morgan fingerprint density at radius 1 is 1.06 bits per heavy atom. The molecule has 6 rings (SSSR count). The van der Waals surface area contributed by atoms with Crippen molar-refractivity contribution in [3.8, 4) is 5.75 Å². The molecule has 15 heteroatoms. The van der Waals surface area contributed by atoms with Crippen molar-refractivity contribution in [2.75, 3.05) is 13.2 Å². The molecule has 5 amide bonds. The van der Waals surface area contributed by atoms with Crippen LogP contribution >= 0.6 is 0 Å². The molecule has 0 saturated carbocycles. The lowest BCUT2D eigenvalue weighted by molar-refractivity contribution is -0.142. The van der Waals surface area contributed by atoms with Gasteiger partial charge in [-0.1, -0.05) is 32.9 Å². The average Bonchev–Trinajstić information content (AvgIpc) is 3.62. The lowest BCUT2D eigenvalue weighted by Crippen LogP contribution is -2.58. The zero-order chi connectivity index (χ0) is 37.9. The number of amides is 5. The molecular formula is C37H50N8O7. The fraction of sp³-hybridized carbons (Fsp3) is 0.541. The minimum Gasteiger partial charge on any atom is -0.491 e. The standard InChI is InChI=1S/C37H50N8O7/c1-8-28-37(51)45-17-25(46)16-30(45)36(50)39-22(6)33(47)40-24(13-19(2)3)18-52-26-11-9-23(10-12-26)15-29(35(49)41-28)42-34(48)27-14-20(4)38-32-31(27)21(5)43-44(32)7/h9-12,14,19,22,24-25,28-30,46H,8,13,15-18H2,1-7H3,(H,39,50)(H,40,47)(H,41,49)(H,42,48)/t22-,24+,25-,28+,29+,30+/m1/s1. The van der Waals surface area contributed by atoms with Crippen LogP contribution in [0, 0.1) is 19.8 Å². The van der Waals surface area contributed by atoms with Crippen molar-refractivity contribution in [2.24, 2.45) is 13.0 Å². The van der Waals surface area contributed by atoms with E-state index >= 15 is 0 Å². The summed E-state index contributed by atoms with van der Waals surface area (Å²) in [7, 11) is 1.75. The molecule has 3 aliphatic rings. The second-order valence-electron chi connectivity index (χ2n) is 14.3. The largest absolute Gasteiger partial charge is 0.491 e. The summed E-state index contributed by atoms with van der Waals surface area (Å²) >= 11 is 0. The summed E-state index contributed by atoms with van der Waals surface area (Å²) in [6.45, 7) is 11.0. The van der Waals surface area contributed by atoms with Gasteiger partial charge in [-0.2, -0.15) is 5.10 Å². The Bertz CT molecular complexity index is 1820. The van der Waals surface area contributed by atoms with Crippen molar-refractivity contribution >= 4 is 40.6 Å². The summed E-state index contributed by atoms with van der Waals surface area (Å²) in [5.41, 5.74) is 2.78. The fourth-order valence-corrected chi connectivity index (χ4v) is 6.90. The highest BCUT2D eigenvalue weighted by molar-refractivity contribution is 6.08. The van der Waals surface area contributed by atoms with E-state index in [0.717, 1.165) is 5.56 Å². The molecule has 3 aromatic rings. The first-order chi connectivity index (χ1) is 24.6. The molecule has 1 fully saturated rings. The van der Waals surface area contributed by atoms with E-state index in [1.807, 2.05) is 13.8 Å². The van der Waals surface area contributed by atoms with Gasteiger partial charge in [0.15, 0.2) is 5.65 Å². The summed E-state index contributed by atoms with van der Waals surface area (Å²) in [5.74, 6) is -1.87. The van der Waals surface area contributed by atoms with Crippen molar-refractivity contribution in [2.45, 2.75) is 104 Å². The van der Waals surface area contributed by atoms with Crippen molar-refractivity contribution in [1.29, 1.82) is 0 Å². The molecule has 1 aromatic carbocycles. The monoisotopic (exact) mass is 718 g/mol. The molecule has 280 valence electrons. The molecule has 0 spiro atoms. The number of rotatable bonds is 5. The van der Waals surface area contributed by atoms with Crippen molar-refractivity contribution in [3.63, 3.8) is 0 Å². The fourth-order valence-electron chi connectivity index (χ4n) is 6.90. The summed E-state index contributed by atoms with van der Waals surface area (Å²) in [6, 6.07) is 4.24. The molecule has 6 atom stereocenters. The molecule has 5 heterocycles. The van der Waals surface area contributed by atoms with Gasteiger partial charge in [0.2, 0.25) is 23.6 Å². The maximum atomic E-state index is 14.1. The summed E-state index contributed by atoms with van der Waals surface area (Å²) in [6.07, 6.45) is -0.121. The Labute approximate surface area is 303 Å². The van der Waals surface area contributed by atoms with Crippen molar-refractivity contribution in [1.82, 2.24) is 40.9 Å². The van der Waals surface area contributed by atoms with Crippen LogP contribution in [0.1, 0.15) is 74.3 Å². The normalized spacial score (nSPS) is 25.0. The third kappa shape index (κ3) is 8.69. The number of carbonyl (C=O) groups excluding carboxylic acids is 5. The Kier molecular flexibility index (Phi) is 11.8. The second-order valence-corrected chi connectivity index (χ2v) is 14.3. The molecular weight excluding hydrogens is 668 g/mol. The number of ether oxygens (including phenoxy) is 1. The maximum Gasteiger partial charge on any atom is 0.252 e. The van der Waals surface area contributed by atoms with Crippen LogP contribution in [0.5, 0.6) is 5.75 Å². The number of aliphatic hydroxyl groups excluding tert-OH is 1. The highest BCUT2D eigenvalue weighted by Crippen LogP contribution is 2.23. The molecule has 3 aliphatic heterocycles. The van der Waals surface area contributed by atoms with Gasteiger partial charge in [-0.25, -0.2) is 4.98 Å². The predicted molar refractivity (Wildman–Crippen MR) is 192 cm³/mol. The number of fused-ring (bicyclic) bond motifs is 15. The van der Waals surface area contributed by atoms with E-state index in [1.165, 1.54) is 4.90 Å². The predicted octanol–water partition coefficient (Wildman–Crippen LogP) is 1.21. The zero-order valence-corrected chi connectivity index (χ0v) is 30.9. The molecule has 0 radical (unpaired) electrons. The van der Waals surface area contributed by atoms with E-state index in [9.17, 15) is 29.1 Å². The van der Waals surface area contributed by atoms with Gasteiger partial charge in [-0.3, -0.25) is 28.7 Å². The van der Waals surface area contributed by atoms with Crippen molar-refractivity contribution in [3.05, 3.63) is 52.8 Å². The van der Waals surface area contributed by atoms with Gasteiger partial charge in [0.1, 0.15) is 36.5 Å². The van der Waals surface area contributed by atoms with E-state index in [-0.39, 0.29) is 44.4 Å². The van der Waals surface area contributed by atoms with Gasteiger partial charge in [-0.15, -0.1) is 0 Å².